The number of aromatic amines is 1. The number of methoxy groups -OCH3 is 1. The first-order chi connectivity index (χ1) is 11.7. The highest BCUT2D eigenvalue weighted by Crippen LogP contribution is 2.32. The molecule has 1 aliphatic rings. The Labute approximate surface area is 139 Å². The fraction of sp³-hybridized carbons (Fsp3) is 0.211. The monoisotopic (exact) mass is 322 g/mol. The molecule has 1 N–H and O–H groups in total. The minimum atomic E-state index is -0.292. The zero-order chi connectivity index (χ0) is 16.5. The number of nitrogens with zero attached hydrogens (tertiary/aromatic N) is 1. The molecular weight excluding hydrogens is 304 g/mol. The van der Waals surface area contributed by atoms with Gasteiger partial charge in [-0.05, 0) is 23.8 Å². The maximum absolute atomic E-state index is 12.3. The fourth-order valence-corrected chi connectivity index (χ4v) is 3.10. The van der Waals surface area contributed by atoms with Crippen molar-refractivity contribution >= 4 is 17.0 Å². The number of amides is 1. The lowest BCUT2D eigenvalue weighted by molar-refractivity contribution is 0.0953. The van der Waals surface area contributed by atoms with Gasteiger partial charge in [-0.25, -0.2) is 4.79 Å². The third-order valence-electron chi connectivity index (χ3n) is 4.36. The van der Waals surface area contributed by atoms with Crippen molar-refractivity contribution in [2.45, 2.75) is 19.7 Å². The third kappa shape index (κ3) is 2.58. The number of rotatable bonds is 3. The van der Waals surface area contributed by atoms with Crippen LogP contribution in [0.1, 0.15) is 16.8 Å². The highest BCUT2D eigenvalue weighted by Gasteiger charge is 2.28. The van der Waals surface area contributed by atoms with Crippen molar-refractivity contribution in [3.05, 3.63) is 65.4 Å². The van der Waals surface area contributed by atoms with Gasteiger partial charge in [0.15, 0.2) is 0 Å². The summed E-state index contributed by atoms with van der Waals surface area (Å²) in [5, 5.41) is 1.10. The van der Waals surface area contributed by atoms with Crippen LogP contribution in [-0.2, 0) is 24.4 Å². The predicted molar refractivity (Wildman–Crippen MR) is 90.7 cm³/mol. The van der Waals surface area contributed by atoms with E-state index in [9.17, 15) is 4.79 Å². The number of carbonyl (C=O) groups excluding carboxylic acids is 1. The standard InChI is InChI=1S/C19H18N2O3/c1-23-14-7-8-17-15(9-14)16-10-21(11-18(16)20-17)19(22)24-12-13-5-3-2-4-6-13/h2-9,20H,10-12H2,1H3. The van der Waals surface area contributed by atoms with E-state index < -0.39 is 0 Å². The minimum absolute atomic E-state index is 0.290. The highest BCUT2D eigenvalue weighted by atomic mass is 16.6. The molecule has 0 unspecified atom stereocenters. The van der Waals surface area contributed by atoms with E-state index >= 15 is 0 Å². The summed E-state index contributed by atoms with van der Waals surface area (Å²) >= 11 is 0. The van der Waals surface area contributed by atoms with Gasteiger partial charge in [0.05, 0.1) is 20.2 Å². The second-order valence-electron chi connectivity index (χ2n) is 5.89. The fourth-order valence-electron chi connectivity index (χ4n) is 3.10. The van der Waals surface area contributed by atoms with Gasteiger partial charge < -0.3 is 14.5 Å². The normalized spacial score (nSPS) is 13.1. The molecule has 5 nitrogen and oxygen atoms in total. The van der Waals surface area contributed by atoms with E-state index in [4.69, 9.17) is 9.47 Å². The Morgan fingerprint density at radius 3 is 2.79 bits per heavy atom. The number of aromatic nitrogens is 1. The average Bonchev–Trinajstić information content (AvgIpc) is 3.18. The van der Waals surface area contributed by atoms with E-state index in [0.717, 1.165) is 33.5 Å². The van der Waals surface area contributed by atoms with E-state index in [1.807, 2.05) is 48.5 Å². The lowest BCUT2D eigenvalue weighted by atomic mass is 10.1. The molecule has 0 fully saturated rings. The Balaban J connectivity index is 1.47. The second kappa shape index (κ2) is 5.92. The topological polar surface area (TPSA) is 54.6 Å². The van der Waals surface area contributed by atoms with Gasteiger partial charge in [0.2, 0.25) is 0 Å². The van der Waals surface area contributed by atoms with Crippen molar-refractivity contribution < 1.29 is 14.3 Å². The van der Waals surface area contributed by atoms with Gasteiger partial charge in [0.25, 0.3) is 0 Å². The zero-order valence-electron chi connectivity index (χ0n) is 13.4. The molecule has 0 radical (unpaired) electrons. The molecule has 0 atom stereocenters. The Bertz CT molecular complexity index is 886. The number of ether oxygens (including phenoxy) is 2. The van der Waals surface area contributed by atoms with E-state index in [2.05, 4.69) is 4.98 Å². The first-order valence-electron chi connectivity index (χ1n) is 7.87. The van der Waals surface area contributed by atoms with Crippen molar-refractivity contribution in [3.63, 3.8) is 0 Å². The van der Waals surface area contributed by atoms with Crippen molar-refractivity contribution in [2.24, 2.45) is 0 Å². The molecule has 0 bridgehead atoms. The van der Waals surface area contributed by atoms with Gasteiger partial charge in [0.1, 0.15) is 12.4 Å². The van der Waals surface area contributed by atoms with Crippen LogP contribution in [0.25, 0.3) is 10.9 Å². The van der Waals surface area contributed by atoms with Gasteiger partial charge >= 0.3 is 6.09 Å². The number of nitrogens with one attached hydrogen (secondary N) is 1. The van der Waals surface area contributed by atoms with Crippen molar-refractivity contribution in [1.29, 1.82) is 0 Å². The number of benzene rings is 2. The first kappa shape index (κ1) is 14.6. The molecule has 122 valence electrons. The SMILES string of the molecule is COc1ccc2[nH]c3c(c2c1)CN(C(=O)OCc1ccccc1)C3. The van der Waals surface area contributed by atoms with Crippen LogP contribution in [0.5, 0.6) is 5.75 Å². The molecule has 3 aromatic rings. The molecule has 2 aromatic carbocycles. The van der Waals surface area contributed by atoms with Crippen molar-refractivity contribution in [1.82, 2.24) is 9.88 Å². The zero-order valence-corrected chi connectivity index (χ0v) is 13.4. The van der Waals surface area contributed by atoms with Gasteiger partial charge in [-0.2, -0.15) is 0 Å². The summed E-state index contributed by atoms with van der Waals surface area (Å²) in [6.07, 6.45) is -0.292. The molecule has 24 heavy (non-hydrogen) atoms. The molecule has 0 saturated carbocycles. The smallest absolute Gasteiger partial charge is 0.410 e. The van der Waals surface area contributed by atoms with Crippen LogP contribution in [-0.4, -0.2) is 23.1 Å². The van der Waals surface area contributed by atoms with E-state index in [1.54, 1.807) is 12.0 Å². The Morgan fingerprint density at radius 2 is 2.00 bits per heavy atom. The summed E-state index contributed by atoms with van der Waals surface area (Å²) in [5.41, 5.74) is 4.26. The quantitative estimate of drug-likeness (QED) is 0.797. The lowest BCUT2D eigenvalue weighted by Gasteiger charge is -2.16. The maximum atomic E-state index is 12.3. The number of H-pyrrole nitrogens is 1. The van der Waals surface area contributed by atoms with Crippen LogP contribution in [0, 0.1) is 0 Å². The van der Waals surface area contributed by atoms with Crippen LogP contribution in [0.2, 0.25) is 0 Å². The largest absolute Gasteiger partial charge is 0.497 e. The molecule has 0 saturated heterocycles. The molecule has 4 rings (SSSR count). The van der Waals surface area contributed by atoms with Crippen LogP contribution < -0.4 is 4.74 Å². The Kier molecular flexibility index (Phi) is 3.61. The molecule has 0 spiro atoms. The van der Waals surface area contributed by atoms with Crippen LogP contribution in [0.4, 0.5) is 4.79 Å². The number of hydrogen-bond acceptors (Lipinski definition) is 3. The van der Waals surface area contributed by atoms with Gasteiger partial charge in [-0.3, -0.25) is 4.90 Å². The van der Waals surface area contributed by atoms with E-state index in [1.165, 1.54) is 0 Å². The first-order valence-corrected chi connectivity index (χ1v) is 7.87. The summed E-state index contributed by atoms with van der Waals surface area (Å²) in [4.78, 5) is 17.4. The van der Waals surface area contributed by atoms with Crippen molar-refractivity contribution in [3.8, 4) is 5.75 Å². The molecule has 5 heteroatoms. The highest BCUT2D eigenvalue weighted by molar-refractivity contribution is 5.87. The van der Waals surface area contributed by atoms with Gasteiger partial charge in [-0.15, -0.1) is 0 Å². The molecular formula is C19H18N2O3. The molecule has 1 aliphatic heterocycles. The average molecular weight is 322 g/mol. The van der Waals surface area contributed by atoms with Gasteiger partial charge in [0, 0.05) is 22.2 Å². The van der Waals surface area contributed by atoms with Crippen molar-refractivity contribution in [2.75, 3.05) is 7.11 Å². The molecule has 1 aromatic heterocycles. The summed E-state index contributed by atoms with van der Waals surface area (Å²) in [6.45, 7) is 1.38. The second-order valence-corrected chi connectivity index (χ2v) is 5.89. The Morgan fingerprint density at radius 1 is 1.17 bits per heavy atom. The van der Waals surface area contributed by atoms with Gasteiger partial charge in [-0.1, -0.05) is 30.3 Å². The summed E-state index contributed by atoms with van der Waals surface area (Å²) < 4.78 is 10.7. The van der Waals surface area contributed by atoms with Crippen LogP contribution >= 0.6 is 0 Å². The number of hydrogen-bond donors (Lipinski definition) is 1. The molecule has 1 amide bonds. The summed E-state index contributed by atoms with van der Waals surface area (Å²) in [6, 6.07) is 15.6. The number of carbonyl (C=O) groups is 1. The maximum Gasteiger partial charge on any atom is 0.410 e. The minimum Gasteiger partial charge on any atom is -0.497 e. The van der Waals surface area contributed by atoms with Crippen LogP contribution in [0.15, 0.2) is 48.5 Å². The van der Waals surface area contributed by atoms with E-state index in [0.29, 0.717) is 19.7 Å². The number of fused-ring (bicyclic) bond motifs is 3. The summed E-state index contributed by atoms with van der Waals surface area (Å²) in [5.74, 6) is 0.814. The third-order valence-corrected chi connectivity index (χ3v) is 4.36. The Hall–Kier alpha value is -2.95. The van der Waals surface area contributed by atoms with Crippen LogP contribution in [0.3, 0.4) is 0 Å². The predicted octanol–water partition coefficient (Wildman–Crippen LogP) is 3.83. The molecule has 0 aliphatic carbocycles. The summed E-state index contributed by atoms with van der Waals surface area (Å²) in [7, 11) is 1.65. The molecule has 2 heterocycles. The lowest BCUT2D eigenvalue weighted by Crippen LogP contribution is -2.26. The van der Waals surface area contributed by atoms with E-state index in [-0.39, 0.29) is 6.09 Å².